The SMILES string of the molecule is COCCCNC(=O)COc1cccc(Cl)c1CC(C)N. The van der Waals surface area contributed by atoms with Crippen molar-refractivity contribution in [3.8, 4) is 5.75 Å². The maximum absolute atomic E-state index is 11.7. The van der Waals surface area contributed by atoms with E-state index < -0.39 is 0 Å². The van der Waals surface area contributed by atoms with Gasteiger partial charge in [-0.25, -0.2) is 0 Å². The highest BCUT2D eigenvalue weighted by molar-refractivity contribution is 6.31. The summed E-state index contributed by atoms with van der Waals surface area (Å²) >= 11 is 6.16. The lowest BCUT2D eigenvalue weighted by atomic mass is 10.1. The van der Waals surface area contributed by atoms with Gasteiger partial charge in [-0.1, -0.05) is 17.7 Å². The van der Waals surface area contributed by atoms with Crippen LogP contribution >= 0.6 is 11.6 Å². The largest absolute Gasteiger partial charge is 0.483 e. The van der Waals surface area contributed by atoms with E-state index in [0.717, 1.165) is 12.0 Å². The van der Waals surface area contributed by atoms with Gasteiger partial charge in [0.25, 0.3) is 5.91 Å². The maximum Gasteiger partial charge on any atom is 0.257 e. The van der Waals surface area contributed by atoms with E-state index in [2.05, 4.69) is 5.32 Å². The number of halogens is 1. The number of benzene rings is 1. The van der Waals surface area contributed by atoms with Crippen molar-refractivity contribution in [3.05, 3.63) is 28.8 Å². The molecule has 0 heterocycles. The first-order chi connectivity index (χ1) is 10.0. The summed E-state index contributed by atoms with van der Waals surface area (Å²) in [4.78, 5) is 11.7. The molecule has 6 heteroatoms. The summed E-state index contributed by atoms with van der Waals surface area (Å²) in [5.74, 6) is 0.435. The van der Waals surface area contributed by atoms with Crippen LogP contribution in [-0.2, 0) is 16.0 Å². The zero-order valence-corrected chi connectivity index (χ0v) is 13.3. The Labute approximate surface area is 130 Å². The lowest BCUT2D eigenvalue weighted by Crippen LogP contribution is -2.30. The fourth-order valence-electron chi connectivity index (χ4n) is 1.83. The molecule has 0 bridgehead atoms. The molecule has 1 atom stereocenters. The van der Waals surface area contributed by atoms with Gasteiger partial charge in [-0.2, -0.15) is 0 Å². The van der Waals surface area contributed by atoms with E-state index in [-0.39, 0.29) is 18.6 Å². The van der Waals surface area contributed by atoms with E-state index in [1.807, 2.05) is 6.92 Å². The van der Waals surface area contributed by atoms with E-state index in [0.29, 0.717) is 30.3 Å². The molecule has 1 unspecified atom stereocenters. The molecule has 0 aliphatic heterocycles. The number of hydrogen-bond donors (Lipinski definition) is 2. The third-order valence-electron chi connectivity index (χ3n) is 2.81. The van der Waals surface area contributed by atoms with Crippen LogP contribution in [0.4, 0.5) is 0 Å². The molecule has 1 rings (SSSR count). The minimum atomic E-state index is -0.169. The summed E-state index contributed by atoms with van der Waals surface area (Å²) in [6, 6.07) is 5.34. The Morgan fingerprint density at radius 2 is 2.24 bits per heavy atom. The van der Waals surface area contributed by atoms with Crippen LogP contribution in [0.1, 0.15) is 18.9 Å². The normalized spacial score (nSPS) is 12.0. The van der Waals surface area contributed by atoms with Gasteiger partial charge in [-0.05, 0) is 31.9 Å². The van der Waals surface area contributed by atoms with Gasteiger partial charge in [0.2, 0.25) is 0 Å². The highest BCUT2D eigenvalue weighted by Crippen LogP contribution is 2.27. The molecule has 3 N–H and O–H groups in total. The Hall–Kier alpha value is -1.30. The van der Waals surface area contributed by atoms with E-state index >= 15 is 0 Å². The van der Waals surface area contributed by atoms with E-state index in [9.17, 15) is 4.79 Å². The number of methoxy groups -OCH3 is 1. The number of hydrogen-bond acceptors (Lipinski definition) is 4. The average molecular weight is 315 g/mol. The van der Waals surface area contributed by atoms with Gasteiger partial charge in [-0.15, -0.1) is 0 Å². The molecule has 0 radical (unpaired) electrons. The van der Waals surface area contributed by atoms with Crippen molar-refractivity contribution in [2.45, 2.75) is 25.8 Å². The minimum absolute atomic E-state index is 0.0323. The van der Waals surface area contributed by atoms with Gasteiger partial charge < -0.3 is 20.5 Å². The molecule has 0 fully saturated rings. The predicted octanol–water partition coefficient (Wildman–Crippen LogP) is 1.76. The molecule has 0 spiro atoms. The Balaban J connectivity index is 2.51. The van der Waals surface area contributed by atoms with Crippen LogP contribution in [0.15, 0.2) is 18.2 Å². The van der Waals surface area contributed by atoms with Gasteiger partial charge in [0.05, 0.1) is 0 Å². The van der Waals surface area contributed by atoms with Crippen LogP contribution in [0.25, 0.3) is 0 Å². The van der Waals surface area contributed by atoms with Gasteiger partial charge >= 0.3 is 0 Å². The molecule has 118 valence electrons. The molecule has 1 aromatic rings. The highest BCUT2D eigenvalue weighted by Gasteiger charge is 2.11. The summed E-state index contributed by atoms with van der Waals surface area (Å²) < 4.78 is 10.5. The second-order valence-corrected chi connectivity index (χ2v) is 5.29. The third-order valence-corrected chi connectivity index (χ3v) is 3.16. The van der Waals surface area contributed by atoms with Crippen molar-refractivity contribution < 1.29 is 14.3 Å². The minimum Gasteiger partial charge on any atom is -0.483 e. The van der Waals surface area contributed by atoms with Crippen molar-refractivity contribution >= 4 is 17.5 Å². The summed E-state index contributed by atoms with van der Waals surface area (Å²) in [6.45, 7) is 3.04. The average Bonchev–Trinajstić information content (AvgIpc) is 2.44. The van der Waals surface area contributed by atoms with Gasteiger partial charge in [0.15, 0.2) is 6.61 Å². The highest BCUT2D eigenvalue weighted by atomic mass is 35.5. The molecular formula is C15H23ClN2O3. The maximum atomic E-state index is 11.7. The van der Waals surface area contributed by atoms with Crippen LogP contribution in [0.3, 0.4) is 0 Å². The lowest BCUT2D eigenvalue weighted by molar-refractivity contribution is -0.123. The Morgan fingerprint density at radius 1 is 1.48 bits per heavy atom. The van der Waals surface area contributed by atoms with E-state index in [1.165, 1.54) is 0 Å². The van der Waals surface area contributed by atoms with Crippen LogP contribution < -0.4 is 15.8 Å². The molecule has 0 aliphatic rings. The standard InChI is InChI=1S/C15H23ClN2O3/c1-11(17)9-12-13(16)5-3-6-14(12)21-10-15(19)18-7-4-8-20-2/h3,5-6,11H,4,7-10,17H2,1-2H3,(H,18,19). The number of amides is 1. The molecule has 0 aliphatic carbocycles. The number of carbonyl (C=O) groups is 1. The number of carbonyl (C=O) groups excluding carboxylic acids is 1. The summed E-state index contributed by atoms with van der Waals surface area (Å²) in [5.41, 5.74) is 6.64. The fraction of sp³-hybridized carbons (Fsp3) is 0.533. The van der Waals surface area contributed by atoms with Crippen molar-refractivity contribution in [2.24, 2.45) is 5.73 Å². The smallest absolute Gasteiger partial charge is 0.257 e. The van der Waals surface area contributed by atoms with Crippen LogP contribution in [-0.4, -0.2) is 38.8 Å². The molecule has 0 saturated heterocycles. The zero-order valence-electron chi connectivity index (χ0n) is 12.5. The Morgan fingerprint density at radius 3 is 2.90 bits per heavy atom. The first-order valence-corrected chi connectivity index (χ1v) is 7.33. The molecule has 1 amide bonds. The first-order valence-electron chi connectivity index (χ1n) is 6.96. The molecule has 21 heavy (non-hydrogen) atoms. The van der Waals surface area contributed by atoms with Crippen molar-refractivity contribution in [1.29, 1.82) is 0 Å². The van der Waals surface area contributed by atoms with Crippen LogP contribution in [0.5, 0.6) is 5.75 Å². The second-order valence-electron chi connectivity index (χ2n) is 4.88. The molecule has 0 saturated carbocycles. The van der Waals surface area contributed by atoms with Crippen LogP contribution in [0, 0.1) is 0 Å². The Bertz CT molecular complexity index is 453. The molecular weight excluding hydrogens is 292 g/mol. The lowest BCUT2D eigenvalue weighted by Gasteiger charge is -2.14. The van der Waals surface area contributed by atoms with Gasteiger partial charge in [0, 0.05) is 36.9 Å². The van der Waals surface area contributed by atoms with Crippen molar-refractivity contribution in [2.75, 3.05) is 26.9 Å². The van der Waals surface area contributed by atoms with Crippen molar-refractivity contribution in [1.82, 2.24) is 5.32 Å². The summed E-state index contributed by atoms with van der Waals surface area (Å²) in [7, 11) is 1.63. The molecule has 5 nitrogen and oxygen atoms in total. The second kappa shape index (κ2) is 9.60. The van der Waals surface area contributed by atoms with E-state index in [4.69, 9.17) is 26.8 Å². The Kier molecular flexibility index (Phi) is 8.12. The predicted molar refractivity (Wildman–Crippen MR) is 83.8 cm³/mol. The van der Waals surface area contributed by atoms with Gasteiger partial charge in [-0.3, -0.25) is 4.79 Å². The number of nitrogens with one attached hydrogen (secondary N) is 1. The number of rotatable bonds is 9. The summed E-state index contributed by atoms with van der Waals surface area (Å²) in [6.07, 6.45) is 1.37. The topological polar surface area (TPSA) is 73.6 Å². The first kappa shape index (κ1) is 17.8. The molecule has 1 aromatic carbocycles. The van der Waals surface area contributed by atoms with E-state index in [1.54, 1.807) is 25.3 Å². The zero-order chi connectivity index (χ0) is 15.7. The monoisotopic (exact) mass is 314 g/mol. The van der Waals surface area contributed by atoms with Crippen LogP contribution in [0.2, 0.25) is 5.02 Å². The summed E-state index contributed by atoms with van der Waals surface area (Å²) in [5, 5.41) is 3.36. The third kappa shape index (κ3) is 6.80. The number of nitrogens with two attached hydrogens (primary N) is 1. The quantitative estimate of drug-likeness (QED) is 0.681. The number of ether oxygens (including phenoxy) is 2. The fourth-order valence-corrected chi connectivity index (χ4v) is 2.08. The molecule has 0 aromatic heterocycles. The van der Waals surface area contributed by atoms with Crippen molar-refractivity contribution in [3.63, 3.8) is 0 Å². The van der Waals surface area contributed by atoms with Gasteiger partial charge in [0.1, 0.15) is 5.75 Å².